The van der Waals surface area contributed by atoms with Gasteiger partial charge in [-0.3, -0.25) is 9.11 Å². The molecule has 0 unspecified atom stereocenters. The number of rotatable bonds is 19. The van der Waals surface area contributed by atoms with Gasteiger partial charge in [-0.25, -0.2) is 4.79 Å². The van der Waals surface area contributed by atoms with E-state index in [-0.39, 0.29) is 92.0 Å². The highest BCUT2D eigenvalue weighted by atomic mass is 32.2. The normalized spacial score (nSPS) is 11.5. The van der Waals surface area contributed by atoms with Crippen LogP contribution in [0.15, 0.2) is 18.2 Å². The Morgan fingerprint density at radius 3 is 1.42 bits per heavy atom. The van der Waals surface area contributed by atoms with E-state index >= 15 is 0 Å². The molecule has 0 aliphatic carbocycles. The van der Waals surface area contributed by atoms with Crippen molar-refractivity contribution in [1.29, 1.82) is 0 Å². The van der Waals surface area contributed by atoms with Gasteiger partial charge < -0.3 is 47.2 Å². The van der Waals surface area contributed by atoms with Gasteiger partial charge in [0, 0.05) is 31.9 Å². The summed E-state index contributed by atoms with van der Waals surface area (Å²) in [6.07, 6.45) is 0. The van der Waals surface area contributed by atoms with Gasteiger partial charge in [0.1, 0.15) is 0 Å². The van der Waals surface area contributed by atoms with Crippen LogP contribution in [0.3, 0.4) is 0 Å². The maximum Gasteiger partial charge on any atom is 0.337 e. The minimum absolute atomic E-state index is 0.00546. The van der Waals surface area contributed by atoms with E-state index in [9.17, 15) is 26.7 Å². The van der Waals surface area contributed by atoms with E-state index in [4.69, 9.17) is 19.3 Å². The first-order valence-corrected chi connectivity index (χ1v) is 16.0. The molecule has 246 valence electrons. The Bertz CT molecular complexity index is 1700. The third-order valence-corrected chi connectivity index (χ3v) is 6.54. The van der Waals surface area contributed by atoms with E-state index in [0.29, 0.717) is 0 Å². The highest BCUT2D eigenvalue weighted by molar-refractivity contribution is 7.86. The summed E-state index contributed by atoms with van der Waals surface area (Å²) in [5.74, 6) is -3.10. The van der Waals surface area contributed by atoms with Crippen LogP contribution in [0.1, 0.15) is 10.4 Å². The molecule has 0 aliphatic heterocycles. The van der Waals surface area contributed by atoms with E-state index in [1.54, 1.807) is 0 Å². The fourth-order valence-electron chi connectivity index (χ4n) is 3.26. The molecule has 0 fully saturated rings. The molecule has 22 nitrogen and oxygen atoms in total. The molecule has 0 amide bonds. The average Bonchev–Trinajstić information content (AvgIpc) is 2.94. The monoisotopic (exact) mass is 674 g/mol. The molecule has 3 rings (SSSR count). The number of anilines is 8. The molecule has 0 bridgehead atoms. The fraction of sp³-hybridized carbons (Fsp3) is 0.381. The Hall–Kier alpha value is -4.75. The summed E-state index contributed by atoms with van der Waals surface area (Å²) in [6.45, 7) is -0.880. The summed E-state index contributed by atoms with van der Waals surface area (Å²) >= 11 is 0. The quantitative estimate of drug-likeness (QED) is 0.0654. The standard InChI is InChI=1S/C21H30N12O10S2/c34-7-3-22-16-28-18(24-5-9-44(38,39)40)31-20(30-16)26-12-1-2-14(13(11-12)15(36)37)27-21-32-17(23-4-8-35)29-19(33-21)25-6-10-45(41,42)43/h1-2,11,34-35H,3-10H2,(H,36,37)(H,38,39,40)(H,41,42,43)(H3,22,24,26,28,30,31)(H3,23,25,27,29,32,33). The van der Waals surface area contributed by atoms with Crippen molar-refractivity contribution < 1.29 is 46.1 Å². The number of aliphatic hydroxyl groups excluding tert-OH is 2. The van der Waals surface area contributed by atoms with Crippen LogP contribution < -0.4 is 31.9 Å². The number of carboxylic acid groups (broad SMARTS) is 1. The maximum atomic E-state index is 12.1. The zero-order valence-corrected chi connectivity index (χ0v) is 24.8. The number of hydrogen-bond donors (Lipinski definition) is 11. The Labute approximate surface area is 255 Å². The Morgan fingerprint density at radius 1 is 0.622 bits per heavy atom. The molecule has 0 spiro atoms. The van der Waals surface area contributed by atoms with Crippen LogP contribution in [0.4, 0.5) is 47.1 Å². The molecule has 11 N–H and O–H groups in total. The van der Waals surface area contributed by atoms with Crippen molar-refractivity contribution in [2.45, 2.75) is 0 Å². The number of benzene rings is 1. The second-order valence-electron chi connectivity index (χ2n) is 8.65. The van der Waals surface area contributed by atoms with Crippen molar-refractivity contribution in [2.24, 2.45) is 0 Å². The highest BCUT2D eigenvalue weighted by Crippen LogP contribution is 2.26. The molecule has 0 atom stereocenters. The molecule has 1 aromatic carbocycles. The topological polar surface area (TPSA) is 336 Å². The fourth-order valence-corrected chi connectivity index (χ4v) is 3.98. The van der Waals surface area contributed by atoms with Gasteiger partial charge in [0.15, 0.2) is 0 Å². The average molecular weight is 675 g/mol. The number of nitrogens with zero attached hydrogens (tertiary/aromatic N) is 6. The number of carboxylic acids is 1. The van der Waals surface area contributed by atoms with Crippen LogP contribution in [-0.4, -0.2) is 128 Å². The summed E-state index contributed by atoms with van der Waals surface area (Å²) in [4.78, 5) is 36.7. The van der Waals surface area contributed by atoms with Gasteiger partial charge in [-0.2, -0.15) is 46.7 Å². The van der Waals surface area contributed by atoms with Crippen molar-refractivity contribution in [3.63, 3.8) is 0 Å². The summed E-state index contributed by atoms with van der Waals surface area (Å²) in [6, 6.07) is 4.07. The predicted octanol–water partition coefficient (Wildman–Crippen LogP) is -1.35. The number of nitrogens with one attached hydrogen (secondary N) is 6. The maximum absolute atomic E-state index is 12.1. The van der Waals surface area contributed by atoms with E-state index < -0.39 is 37.7 Å². The third-order valence-electron chi connectivity index (χ3n) is 5.10. The highest BCUT2D eigenvalue weighted by Gasteiger charge is 2.16. The molecule has 3 aromatic rings. The van der Waals surface area contributed by atoms with Crippen LogP contribution in [-0.2, 0) is 20.2 Å². The number of hydrogen-bond acceptors (Lipinski definition) is 19. The van der Waals surface area contributed by atoms with Gasteiger partial charge in [0.25, 0.3) is 20.2 Å². The minimum Gasteiger partial charge on any atom is -0.478 e. The largest absolute Gasteiger partial charge is 0.478 e. The van der Waals surface area contributed by atoms with E-state index in [1.807, 2.05) is 0 Å². The van der Waals surface area contributed by atoms with Gasteiger partial charge >= 0.3 is 5.97 Å². The summed E-state index contributed by atoms with van der Waals surface area (Å²) in [5, 5.41) is 44.3. The molecule has 2 aromatic heterocycles. The predicted molar refractivity (Wildman–Crippen MR) is 161 cm³/mol. The lowest BCUT2D eigenvalue weighted by Gasteiger charge is -2.14. The van der Waals surface area contributed by atoms with E-state index in [0.717, 1.165) is 0 Å². The lowest BCUT2D eigenvalue weighted by atomic mass is 10.1. The smallest absolute Gasteiger partial charge is 0.337 e. The van der Waals surface area contributed by atoms with Crippen molar-refractivity contribution in [1.82, 2.24) is 29.9 Å². The van der Waals surface area contributed by atoms with Gasteiger partial charge in [-0.1, -0.05) is 0 Å². The van der Waals surface area contributed by atoms with Crippen LogP contribution in [0.25, 0.3) is 0 Å². The van der Waals surface area contributed by atoms with Crippen LogP contribution in [0.5, 0.6) is 0 Å². The van der Waals surface area contributed by atoms with Crippen molar-refractivity contribution in [3.8, 4) is 0 Å². The Balaban J connectivity index is 1.87. The van der Waals surface area contributed by atoms with E-state index in [1.165, 1.54) is 18.2 Å². The first-order valence-electron chi connectivity index (χ1n) is 12.8. The molecule has 0 saturated carbocycles. The summed E-state index contributed by atoms with van der Waals surface area (Å²) < 4.78 is 62.0. The SMILES string of the molecule is O=C(O)c1cc(Nc2nc(NCCO)nc(NCCS(=O)(=O)O)n2)ccc1Nc1nc(NCCO)nc(NCCS(=O)(=O)O)n1. The van der Waals surface area contributed by atoms with Gasteiger partial charge in [-0.15, -0.1) is 0 Å². The molecular weight excluding hydrogens is 644 g/mol. The Kier molecular flexibility index (Phi) is 12.2. The second-order valence-corrected chi connectivity index (χ2v) is 11.8. The van der Waals surface area contributed by atoms with Gasteiger partial charge in [0.2, 0.25) is 35.7 Å². The summed E-state index contributed by atoms with van der Waals surface area (Å²) in [5.41, 5.74) is -0.0234. The Morgan fingerprint density at radius 2 is 1.02 bits per heavy atom. The molecule has 0 saturated heterocycles. The molecule has 2 heterocycles. The molecule has 24 heteroatoms. The van der Waals surface area contributed by atoms with Crippen LogP contribution >= 0.6 is 0 Å². The molecular formula is C21H30N12O10S2. The lowest BCUT2D eigenvalue weighted by Crippen LogP contribution is -2.18. The zero-order chi connectivity index (χ0) is 33.0. The number of aliphatic hydroxyl groups is 2. The molecule has 45 heavy (non-hydrogen) atoms. The van der Waals surface area contributed by atoms with Crippen molar-refractivity contribution >= 4 is 73.3 Å². The van der Waals surface area contributed by atoms with Gasteiger partial charge in [0.05, 0.1) is 36.0 Å². The summed E-state index contributed by atoms with van der Waals surface area (Å²) in [7, 11) is -8.52. The van der Waals surface area contributed by atoms with Crippen LogP contribution in [0.2, 0.25) is 0 Å². The van der Waals surface area contributed by atoms with E-state index in [2.05, 4.69) is 61.8 Å². The van der Waals surface area contributed by atoms with Crippen LogP contribution in [0, 0.1) is 0 Å². The lowest BCUT2D eigenvalue weighted by molar-refractivity contribution is 0.0698. The third kappa shape index (κ3) is 12.4. The first-order chi connectivity index (χ1) is 21.2. The van der Waals surface area contributed by atoms with Crippen molar-refractivity contribution in [3.05, 3.63) is 23.8 Å². The van der Waals surface area contributed by atoms with Crippen molar-refractivity contribution in [2.75, 3.05) is 82.8 Å². The number of carbonyl (C=O) groups is 1. The molecule has 0 radical (unpaired) electrons. The number of aromatic nitrogens is 6. The van der Waals surface area contributed by atoms with Gasteiger partial charge in [-0.05, 0) is 18.2 Å². The molecule has 0 aliphatic rings. The minimum atomic E-state index is -4.27. The second kappa shape index (κ2) is 15.8. The number of aromatic carboxylic acids is 1. The first kappa shape index (κ1) is 34.7. The zero-order valence-electron chi connectivity index (χ0n) is 23.2.